The molecule has 0 fully saturated rings. The Morgan fingerprint density at radius 1 is 1.06 bits per heavy atom. The van der Waals surface area contributed by atoms with E-state index in [-0.39, 0.29) is 26.2 Å². The first-order valence-electron chi connectivity index (χ1n) is 5.05. The number of aliphatic hydroxyl groups excluding tert-OH is 1. The van der Waals surface area contributed by atoms with Gasteiger partial charge in [-0.2, -0.15) is 0 Å². The summed E-state index contributed by atoms with van der Waals surface area (Å²) < 4.78 is 13.9. The van der Waals surface area contributed by atoms with Gasteiger partial charge in [-0.25, -0.2) is 0 Å². The van der Waals surface area contributed by atoms with Crippen LogP contribution in [-0.4, -0.2) is 60.1 Å². The fraction of sp³-hybridized carbons (Fsp3) is 0.889. The lowest BCUT2D eigenvalue weighted by Gasteiger charge is -2.20. The second-order valence-electron chi connectivity index (χ2n) is 3.11. The van der Waals surface area contributed by atoms with Gasteiger partial charge in [0.25, 0.3) is 0 Å². The molecule has 0 rings (SSSR count). The Labute approximate surface area is 111 Å². The van der Waals surface area contributed by atoms with Gasteiger partial charge >= 0.3 is 5.97 Å². The minimum Gasteiger partial charge on any atom is -0.481 e. The van der Waals surface area contributed by atoms with Crippen LogP contribution >= 0.6 is 25.3 Å². The maximum Gasteiger partial charge on any atom is 0.308 e. The van der Waals surface area contributed by atoms with E-state index in [1.54, 1.807) is 0 Å². The molecule has 0 saturated heterocycles. The van der Waals surface area contributed by atoms with Crippen LogP contribution in [0.5, 0.6) is 0 Å². The number of hydrogen-bond acceptors (Lipinski definition) is 7. The van der Waals surface area contributed by atoms with Crippen molar-refractivity contribution in [3.8, 4) is 0 Å². The first-order valence-corrected chi connectivity index (χ1v) is 5.94. The summed E-state index contributed by atoms with van der Waals surface area (Å²) >= 11 is 7.90. The molecule has 102 valence electrons. The van der Waals surface area contributed by atoms with E-state index in [1.165, 1.54) is 0 Å². The molecule has 17 heavy (non-hydrogen) atoms. The Balaban J connectivity index is 3.35. The van der Waals surface area contributed by atoms with Crippen molar-refractivity contribution in [2.24, 2.45) is 0 Å². The number of carboxylic acid groups (broad SMARTS) is 1. The molecule has 0 unspecified atom stereocenters. The molecule has 0 atom stereocenters. The Morgan fingerprint density at radius 2 is 1.59 bits per heavy atom. The zero-order valence-corrected chi connectivity index (χ0v) is 11.2. The summed E-state index contributed by atoms with van der Waals surface area (Å²) in [5.74, 6) is -1.03. The van der Waals surface area contributed by atoms with Crippen molar-refractivity contribution in [1.29, 1.82) is 0 Å². The molecule has 0 amide bonds. The molecule has 0 aromatic carbocycles. The second-order valence-corrected chi connectivity index (χ2v) is 4.91. The predicted molar refractivity (Wildman–Crippen MR) is 67.6 cm³/mol. The number of hydrogen-bond donors (Lipinski definition) is 4. The lowest BCUT2D eigenvalue weighted by atomic mass is 10.4. The second kappa shape index (κ2) is 9.98. The molecule has 0 aromatic heterocycles. The van der Waals surface area contributed by atoms with Crippen LogP contribution in [0.15, 0.2) is 0 Å². The highest BCUT2D eigenvalue weighted by molar-refractivity contribution is 8.00. The molecule has 0 heterocycles. The number of aliphatic carboxylic acids is 1. The smallest absolute Gasteiger partial charge is 0.308 e. The van der Waals surface area contributed by atoms with Crippen molar-refractivity contribution in [2.75, 3.05) is 39.6 Å². The topological polar surface area (TPSA) is 85.2 Å². The highest BCUT2D eigenvalue weighted by Gasteiger charge is 2.24. The Hall–Kier alpha value is 0.01000. The van der Waals surface area contributed by atoms with Crippen molar-refractivity contribution in [3.63, 3.8) is 0 Å². The highest BCUT2D eigenvalue weighted by Crippen LogP contribution is 2.25. The van der Waals surface area contributed by atoms with Crippen LogP contribution in [-0.2, 0) is 19.0 Å². The third-order valence-electron chi connectivity index (χ3n) is 1.55. The average Bonchev–Trinajstić information content (AvgIpc) is 2.20. The van der Waals surface area contributed by atoms with Crippen LogP contribution in [0.1, 0.15) is 6.42 Å². The number of carboxylic acids is 1. The van der Waals surface area contributed by atoms with Crippen molar-refractivity contribution in [2.45, 2.75) is 10.7 Å². The van der Waals surface area contributed by atoms with Gasteiger partial charge < -0.3 is 24.4 Å². The molecule has 0 spiro atoms. The lowest BCUT2D eigenvalue weighted by Crippen LogP contribution is -2.24. The quantitative estimate of drug-likeness (QED) is 0.243. The number of ether oxygens (including phenoxy) is 3. The van der Waals surface area contributed by atoms with Crippen LogP contribution in [0.3, 0.4) is 0 Å². The van der Waals surface area contributed by atoms with Crippen molar-refractivity contribution in [3.05, 3.63) is 0 Å². The number of carbonyl (C=O) groups is 1. The Morgan fingerprint density at radius 3 is 2.12 bits per heavy atom. The van der Waals surface area contributed by atoms with Crippen LogP contribution in [0.4, 0.5) is 0 Å². The molecule has 0 radical (unpaired) electrons. The van der Waals surface area contributed by atoms with Gasteiger partial charge in [-0.15, -0.1) is 25.3 Å². The Bertz CT molecular complexity index is 212. The number of aliphatic hydroxyl groups is 1. The monoisotopic (exact) mass is 286 g/mol. The van der Waals surface area contributed by atoms with Crippen LogP contribution in [0, 0.1) is 0 Å². The SMILES string of the molecule is O=C(O)CC(S)(S)OCCOCCOCCO. The third-order valence-corrected chi connectivity index (χ3v) is 2.12. The van der Waals surface area contributed by atoms with E-state index in [0.717, 1.165) is 0 Å². The summed E-state index contributed by atoms with van der Waals surface area (Å²) in [4.78, 5) is 10.4. The summed E-state index contributed by atoms with van der Waals surface area (Å²) in [5.41, 5.74) is 0. The molecule has 0 saturated carbocycles. The first-order chi connectivity index (χ1) is 7.98. The van der Waals surface area contributed by atoms with Gasteiger partial charge in [0.1, 0.15) is 0 Å². The number of thiol groups is 2. The largest absolute Gasteiger partial charge is 0.481 e. The zero-order chi connectivity index (χ0) is 13.1. The van der Waals surface area contributed by atoms with Gasteiger partial charge in [-0.05, 0) is 0 Å². The normalized spacial score (nSPS) is 11.7. The molecule has 2 N–H and O–H groups in total. The van der Waals surface area contributed by atoms with Crippen LogP contribution in [0.2, 0.25) is 0 Å². The summed E-state index contributed by atoms with van der Waals surface area (Å²) in [6, 6.07) is 0. The molecule has 8 heteroatoms. The molecule has 0 bridgehead atoms. The summed E-state index contributed by atoms with van der Waals surface area (Å²) in [6.45, 7) is 1.54. The minimum atomic E-state index is -1.29. The van der Waals surface area contributed by atoms with Gasteiger partial charge in [0.2, 0.25) is 0 Å². The molecular formula is C9H18O6S2. The van der Waals surface area contributed by atoms with Gasteiger partial charge in [0.15, 0.2) is 4.27 Å². The van der Waals surface area contributed by atoms with E-state index in [1.807, 2.05) is 0 Å². The third kappa shape index (κ3) is 12.3. The van der Waals surface area contributed by atoms with E-state index < -0.39 is 10.2 Å². The van der Waals surface area contributed by atoms with Crippen molar-refractivity contribution in [1.82, 2.24) is 0 Å². The summed E-state index contributed by atoms with van der Waals surface area (Å²) in [6.07, 6.45) is -0.307. The Kier molecular flexibility index (Phi) is 9.99. The zero-order valence-electron chi connectivity index (χ0n) is 9.37. The molecular weight excluding hydrogens is 268 g/mol. The van der Waals surface area contributed by atoms with Gasteiger partial charge in [-0.3, -0.25) is 4.79 Å². The first kappa shape index (κ1) is 17.0. The van der Waals surface area contributed by atoms with E-state index in [2.05, 4.69) is 25.3 Å². The fourth-order valence-corrected chi connectivity index (χ4v) is 1.35. The number of rotatable bonds is 11. The maximum atomic E-state index is 10.4. The van der Waals surface area contributed by atoms with Gasteiger partial charge in [-0.1, -0.05) is 0 Å². The summed E-state index contributed by atoms with van der Waals surface area (Å²) in [5, 5.41) is 16.9. The fourth-order valence-electron chi connectivity index (χ4n) is 0.899. The van der Waals surface area contributed by atoms with Crippen molar-refractivity contribution >= 4 is 31.2 Å². The molecule has 0 aliphatic heterocycles. The van der Waals surface area contributed by atoms with Gasteiger partial charge in [0, 0.05) is 0 Å². The van der Waals surface area contributed by atoms with Crippen LogP contribution in [0.25, 0.3) is 0 Å². The van der Waals surface area contributed by atoms with E-state index in [4.69, 9.17) is 24.4 Å². The summed E-state index contributed by atoms with van der Waals surface area (Å²) in [7, 11) is 0. The predicted octanol–water partition coefficient (Wildman–Crippen LogP) is 0.0166. The van der Waals surface area contributed by atoms with Crippen molar-refractivity contribution < 1.29 is 29.2 Å². The average molecular weight is 286 g/mol. The van der Waals surface area contributed by atoms with Gasteiger partial charge in [0.05, 0.1) is 46.1 Å². The van der Waals surface area contributed by atoms with E-state index in [0.29, 0.717) is 19.8 Å². The molecule has 0 aliphatic carbocycles. The molecule has 0 aromatic rings. The highest BCUT2D eigenvalue weighted by atomic mass is 32.2. The molecule has 6 nitrogen and oxygen atoms in total. The maximum absolute atomic E-state index is 10.4. The van der Waals surface area contributed by atoms with E-state index in [9.17, 15) is 4.79 Å². The standard InChI is InChI=1S/C9H18O6S2/c10-1-2-13-3-4-14-5-6-15-9(16,17)7-8(11)12/h10,16-17H,1-7H2,(H,11,12). The minimum absolute atomic E-state index is 0.0138. The lowest BCUT2D eigenvalue weighted by molar-refractivity contribution is -0.139. The van der Waals surface area contributed by atoms with E-state index >= 15 is 0 Å². The van der Waals surface area contributed by atoms with Crippen LogP contribution < -0.4 is 0 Å². The molecule has 0 aliphatic rings.